The molecule has 0 saturated carbocycles. The third kappa shape index (κ3) is 2.90. The summed E-state index contributed by atoms with van der Waals surface area (Å²) in [5, 5.41) is 0. The van der Waals surface area contributed by atoms with Crippen LogP contribution in [0.3, 0.4) is 0 Å². The van der Waals surface area contributed by atoms with Gasteiger partial charge in [-0.3, -0.25) is 9.69 Å². The Hall–Kier alpha value is -0.650. The Morgan fingerprint density at radius 2 is 2.20 bits per heavy atom. The number of rotatable bonds is 3. The highest BCUT2D eigenvalue weighted by atomic mass is 16.5. The Morgan fingerprint density at radius 3 is 2.67 bits per heavy atom. The lowest BCUT2D eigenvalue weighted by molar-refractivity contribution is -0.125. The lowest BCUT2D eigenvalue weighted by atomic mass is 9.96. The molecule has 5 heteroatoms. The Morgan fingerprint density at radius 1 is 1.60 bits per heavy atom. The average Bonchev–Trinajstić information content (AvgIpc) is 2.08. The van der Waals surface area contributed by atoms with Gasteiger partial charge in [-0.2, -0.15) is 0 Å². The number of morpholine rings is 1. The maximum absolute atomic E-state index is 11.1. The molecular formula is C10H21N3O2. The summed E-state index contributed by atoms with van der Waals surface area (Å²) >= 11 is 0. The smallest absolute Gasteiger partial charge is 0.238 e. The molecule has 1 aliphatic heterocycles. The van der Waals surface area contributed by atoms with Gasteiger partial charge in [-0.05, 0) is 20.8 Å². The molecule has 0 aliphatic carbocycles. The third-order valence-electron chi connectivity index (χ3n) is 2.90. The first-order valence-corrected chi connectivity index (χ1v) is 5.17. The summed E-state index contributed by atoms with van der Waals surface area (Å²) in [4.78, 5) is 13.3. The lowest BCUT2D eigenvalue weighted by Crippen LogP contribution is -2.63. The summed E-state index contributed by atoms with van der Waals surface area (Å²) in [7, 11) is 0. The highest BCUT2D eigenvalue weighted by molar-refractivity contribution is 5.84. The fourth-order valence-electron chi connectivity index (χ4n) is 1.66. The molecule has 0 spiro atoms. The van der Waals surface area contributed by atoms with E-state index in [4.69, 9.17) is 16.2 Å². The van der Waals surface area contributed by atoms with Crippen LogP contribution in [-0.2, 0) is 9.53 Å². The molecule has 1 fully saturated rings. The van der Waals surface area contributed by atoms with Crippen LogP contribution in [0.25, 0.3) is 0 Å². The summed E-state index contributed by atoms with van der Waals surface area (Å²) in [6, 6.07) is 0. The molecule has 1 heterocycles. The molecule has 1 atom stereocenters. The van der Waals surface area contributed by atoms with Crippen molar-refractivity contribution in [1.29, 1.82) is 0 Å². The molecule has 0 aromatic carbocycles. The van der Waals surface area contributed by atoms with E-state index in [1.165, 1.54) is 0 Å². The molecular weight excluding hydrogens is 194 g/mol. The van der Waals surface area contributed by atoms with Crippen LogP contribution >= 0.6 is 0 Å². The van der Waals surface area contributed by atoms with E-state index in [1.807, 2.05) is 0 Å². The number of amides is 1. The van der Waals surface area contributed by atoms with E-state index in [0.29, 0.717) is 19.8 Å². The first-order chi connectivity index (χ1) is 6.76. The van der Waals surface area contributed by atoms with Gasteiger partial charge in [-0.25, -0.2) is 0 Å². The van der Waals surface area contributed by atoms with Gasteiger partial charge in [-0.15, -0.1) is 0 Å². The summed E-state index contributed by atoms with van der Waals surface area (Å²) < 4.78 is 5.39. The number of nitrogens with zero attached hydrogens (tertiary/aromatic N) is 1. The minimum absolute atomic E-state index is 0.0890. The highest BCUT2D eigenvalue weighted by Crippen LogP contribution is 2.20. The number of hydrogen-bond donors (Lipinski definition) is 2. The van der Waals surface area contributed by atoms with Crippen molar-refractivity contribution >= 4 is 5.91 Å². The molecule has 15 heavy (non-hydrogen) atoms. The van der Waals surface area contributed by atoms with Crippen LogP contribution in [0.4, 0.5) is 0 Å². The van der Waals surface area contributed by atoms with Gasteiger partial charge in [0.25, 0.3) is 0 Å². The zero-order chi connectivity index (χ0) is 11.7. The van der Waals surface area contributed by atoms with Crippen LogP contribution in [0.5, 0.6) is 0 Å². The van der Waals surface area contributed by atoms with Crippen molar-refractivity contribution in [2.45, 2.75) is 31.8 Å². The molecule has 0 aromatic heterocycles. The molecule has 0 radical (unpaired) electrons. The first kappa shape index (κ1) is 12.4. The van der Waals surface area contributed by atoms with E-state index in [9.17, 15) is 4.79 Å². The Labute approximate surface area is 90.7 Å². The summed E-state index contributed by atoms with van der Waals surface area (Å²) in [5.74, 6) is -0.468. The lowest BCUT2D eigenvalue weighted by Gasteiger charge is -2.44. The molecule has 1 rings (SSSR count). The van der Waals surface area contributed by atoms with Gasteiger partial charge in [0, 0.05) is 18.6 Å². The molecule has 1 amide bonds. The topological polar surface area (TPSA) is 81.6 Å². The average molecular weight is 215 g/mol. The van der Waals surface area contributed by atoms with E-state index in [-0.39, 0.29) is 5.54 Å². The minimum Gasteiger partial charge on any atom is -0.378 e. The van der Waals surface area contributed by atoms with Crippen molar-refractivity contribution in [2.75, 3.05) is 26.3 Å². The van der Waals surface area contributed by atoms with Gasteiger partial charge in [0.1, 0.15) is 5.54 Å². The van der Waals surface area contributed by atoms with Gasteiger partial charge >= 0.3 is 0 Å². The Balaban J connectivity index is 2.67. The minimum atomic E-state index is -0.978. The summed E-state index contributed by atoms with van der Waals surface area (Å²) in [6.45, 7) is 8.40. The fraction of sp³-hybridized carbons (Fsp3) is 0.900. The van der Waals surface area contributed by atoms with E-state index < -0.39 is 11.4 Å². The molecule has 0 aromatic rings. The van der Waals surface area contributed by atoms with Crippen LogP contribution < -0.4 is 11.5 Å². The predicted octanol–water partition coefficient (Wildman–Crippen LogP) is -0.700. The predicted molar refractivity (Wildman–Crippen MR) is 58.3 cm³/mol. The van der Waals surface area contributed by atoms with E-state index in [2.05, 4.69) is 18.7 Å². The zero-order valence-electron chi connectivity index (χ0n) is 9.75. The Kier molecular flexibility index (Phi) is 3.38. The van der Waals surface area contributed by atoms with Crippen molar-refractivity contribution in [3.63, 3.8) is 0 Å². The summed E-state index contributed by atoms with van der Waals surface area (Å²) in [5.41, 5.74) is 10.0. The second-order valence-electron chi connectivity index (χ2n) is 5.07. The normalized spacial score (nSPS) is 25.9. The van der Waals surface area contributed by atoms with Crippen molar-refractivity contribution in [1.82, 2.24) is 4.90 Å². The van der Waals surface area contributed by atoms with Crippen LogP contribution in [0.1, 0.15) is 20.8 Å². The first-order valence-electron chi connectivity index (χ1n) is 5.17. The quantitative estimate of drug-likeness (QED) is 0.652. The van der Waals surface area contributed by atoms with E-state index >= 15 is 0 Å². The SMILES string of the molecule is CC(N)(CN1CCOCC1(C)C)C(N)=O. The van der Waals surface area contributed by atoms with Gasteiger partial charge in [0.15, 0.2) is 0 Å². The number of nitrogens with two attached hydrogens (primary N) is 2. The standard InChI is InChI=1S/C10H21N3O2/c1-9(2)7-15-5-4-13(9)6-10(3,12)8(11)14/h4-7,12H2,1-3H3,(H2,11,14). The fourth-order valence-corrected chi connectivity index (χ4v) is 1.66. The molecule has 4 N–H and O–H groups in total. The van der Waals surface area contributed by atoms with Crippen molar-refractivity contribution in [3.05, 3.63) is 0 Å². The zero-order valence-corrected chi connectivity index (χ0v) is 9.75. The molecule has 0 bridgehead atoms. The highest BCUT2D eigenvalue weighted by Gasteiger charge is 2.37. The van der Waals surface area contributed by atoms with Crippen LogP contribution in [0.15, 0.2) is 0 Å². The Bertz CT molecular complexity index is 251. The number of hydrogen-bond acceptors (Lipinski definition) is 4. The monoisotopic (exact) mass is 215 g/mol. The number of primary amides is 1. The molecule has 88 valence electrons. The second-order valence-corrected chi connectivity index (χ2v) is 5.07. The van der Waals surface area contributed by atoms with Crippen LogP contribution in [0.2, 0.25) is 0 Å². The summed E-state index contributed by atoms with van der Waals surface area (Å²) in [6.07, 6.45) is 0. The number of ether oxygens (including phenoxy) is 1. The number of carbonyl (C=O) groups excluding carboxylic acids is 1. The maximum Gasteiger partial charge on any atom is 0.238 e. The van der Waals surface area contributed by atoms with Crippen LogP contribution in [-0.4, -0.2) is 48.2 Å². The van der Waals surface area contributed by atoms with E-state index in [0.717, 1.165) is 6.54 Å². The maximum atomic E-state index is 11.1. The van der Waals surface area contributed by atoms with E-state index in [1.54, 1.807) is 6.92 Å². The third-order valence-corrected chi connectivity index (χ3v) is 2.90. The second kappa shape index (κ2) is 4.08. The van der Waals surface area contributed by atoms with Crippen molar-refractivity contribution in [3.8, 4) is 0 Å². The van der Waals surface area contributed by atoms with Gasteiger partial charge in [0.05, 0.1) is 13.2 Å². The molecule has 1 aliphatic rings. The van der Waals surface area contributed by atoms with Gasteiger partial charge < -0.3 is 16.2 Å². The molecule has 1 saturated heterocycles. The van der Waals surface area contributed by atoms with Gasteiger partial charge in [-0.1, -0.05) is 0 Å². The van der Waals surface area contributed by atoms with Gasteiger partial charge in [0.2, 0.25) is 5.91 Å². The van der Waals surface area contributed by atoms with Crippen molar-refractivity contribution in [2.24, 2.45) is 11.5 Å². The largest absolute Gasteiger partial charge is 0.378 e. The van der Waals surface area contributed by atoms with Crippen LogP contribution in [0, 0.1) is 0 Å². The molecule has 1 unspecified atom stereocenters. The number of carbonyl (C=O) groups is 1. The van der Waals surface area contributed by atoms with Crippen molar-refractivity contribution < 1.29 is 9.53 Å². The molecule has 5 nitrogen and oxygen atoms in total.